The molecular weight excluding hydrogens is 312 g/mol. The molecule has 2 aromatic carbocycles. The van der Waals surface area contributed by atoms with E-state index in [0.29, 0.717) is 11.0 Å². The number of carbonyl (C=O) groups excluding carboxylic acids is 1. The van der Waals surface area contributed by atoms with Gasteiger partial charge in [0, 0.05) is 11.0 Å². The molecular formula is C18H14O4S. The van der Waals surface area contributed by atoms with Crippen LogP contribution in [0, 0.1) is 0 Å². The first-order valence-electron chi connectivity index (χ1n) is 7.00. The van der Waals surface area contributed by atoms with Crippen molar-refractivity contribution in [1.29, 1.82) is 0 Å². The van der Waals surface area contributed by atoms with Crippen molar-refractivity contribution in [2.75, 3.05) is 6.26 Å². The number of ether oxygens (including phenoxy) is 1. The zero-order chi connectivity index (χ0) is 16.2. The van der Waals surface area contributed by atoms with Crippen molar-refractivity contribution >= 4 is 28.7 Å². The second-order valence-corrected chi connectivity index (χ2v) is 5.77. The normalized spacial score (nSPS) is 10.7. The van der Waals surface area contributed by atoms with Crippen LogP contribution in [-0.4, -0.2) is 12.2 Å². The predicted molar refractivity (Wildman–Crippen MR) is 89.8 cm³/mol. The van der Waals surface area contributed by atoms with Crippen LogP contribution in [0.25, 0.3) is 11.0 Å². The van der Waals surface area contributed by atoms with Crippen molar-refractivity contribution in [3.8, 4) is 0 Å². The monoisotopic (exact) mass is 326 g/mol. The Morgan fingerprint density at radius 1 is 1.13 bits per heavy atom. The van der Waals surface area contributed by atoms with Gasteiger partial charge in [-0.2, -0.15) is 0 Å². The van der Waals surface area contributed by atoms with Gasteiger partial charge in [0.05, 0.1) is 5.39 Å². The number of hydrogen-bond donors (Lipinski definition) is 0. The van der Waals surface area contributed by atoms with Gasteiger partial charge in [0.2, 0.25) is 5.76 Å². The number of hydrogen-bond acceptors (Lipinski definition) is 5. The fourth-order valence-corrected chi connectivity index (χ4v) is 2.55. The van der Waals surface area contributed by atoms with Gasteiger partial charge in [-0.15, -0.1) is 11.8 Å². The molecule has 0 aliphatic rings. The fourth-order valence-electron chi connectivity index (χ4n) is 2.15. The quantitative estimate of drug-likeness (QED) is 0.538. The third-order valence-electron chi connectivity index (χ3n) is 3.36. The smallest absolute Gasteiger partial charge is 0.374 e. The molecule has 116 valence electrons. The summed E-state index contributed by atoms with van der Waals surface area (Å²) >= 11 is 1.64. The van der Waals surface area contributed by atoms with Crippen molar-refractivity contribution in [3.63, 3.8) is 0 Å². The van der Waals surface area contributed by atoms with Gasteiger partial charge in [0.15, 0.2) is 5.43 Å². The maximum atomic E-state index is 12.1. The van der Waals surface area contributed by atoms with Gasteiger partial charge in [-0.05, 0) is 36.1 Å². The standard InChI is InChI=1S/C18H14O4S/c1-23-13-8-6-12(7-9-13)11-21-18(20)17-10-15(19)14-4-2-3-5-16(14)22-17/h2-10H,11H2,1H3. The Bertz CT molecular complexity index is 897. The molecule has 3 aromatic rings. The van der Waals surface area contributed by atoms with Gasteiger partial charge in [-0.25, -0.2) is 4.79 Å². The molecule has 0 atom stereocenters. The molecule has 23 heavy (non-hydrogen) atoms. The molecule has 1 aromatic heterocycles. The molecule has 5 heteroatoms. The molecule has 0 aliphatic carbocycles. The summed E-state index contributed by atoms with van der Waals surface area (Å²) in [7, 11) is 0. The summed E-state index contributed by atoms with van der Waals surface area (Å²) in [4.78, 5) is 25.2. The zero-order valence-electron chi connectivity index (χ0n) is 12.4. The first-order chi connectivity index (χ1) is 11.2. The number of rotatable bonds is 4. The first kappa shape index (κ1) is 15.4. The number of carbonyl (C=O) groups is 1. The molecule has 4 nitrogen and oxygen atoms in total. The van der Waals surface area contributed by atoms with Crippen molar-refractivity contribution in [2.24, 2.45) is 0 Å². The Balaban J connectivity index is 1.76. The van der Waals surface area contributed by atoms with Crippen LogP contribution in [0.3, 0.4) is 0 Å². The van der Waals surface area contributed by atoms with Crippen molar-refractivity contribution in [3.05, 3.63) is 76.1 Å². The molecule has 1 heterocycles. The lowest BCUT2D eigenvalue weighted by Gasteiger charge is -2.06. The van der Waals surface area contributed by atoms with Crippen LogP contribution >= 0.6 is 11.8 Å². The maximum absolute atomic E-state index is 12.1. The SMILES string of the molecule is CSc1ccc(COC(=O)c2cc(=O)c3ccccc3o2)cc1. The highest BCUT2D eigenvalue weighted by atomic mass is 32.2. The Hall–Kier alpha value is -2.53. The van der Waals surface area contributed by atoms with Crippen LogP contribution in [-0.2, 0) is 11.3 Å². The fraction of sp³-hybridized carbons (Fsp3) is 0.111. The van der Waals surface area contributed by atoms with E-state index in [1.807, 2.05) is 30.5 Å². The summed E-state index contributed by atoms with van der Waals surface area (Å²) in [5.41, 5.74) is 0.985. The molecule has 0 amide bonds. The number of benzene rings is 2. The van der Waals surface area contributed by atoms with E-state index in [9.17, 15) is 9.59 Å². The molecule has 0 unspecified atom stereocenters. The van der Waals surface area contributed by atoms with Gasteiger partial charge in [0.25, 0.3) is 0 Å². The molecule has 0 saturated heterocycles. The van der Waals surface area contributed by atoms with Crippen LogP contribution in [0.5, 0.6) is 0 Å². The molecule has 0 fully saturated rings. The Morgan fingerprint density at radius 3 is 2.61 bits per heavy atom. The minimum atomic E-state index is -0.651. The van der Waals surface area contributed by atoms with Crippen molar-refractivity contribution in [2.45, 2.75) is 11.5 Å². The first-order valence-corrected chi connectivity index (χ1v) is 8.23. The van der Waals surface area contributed by atoms with Crippen LogP contribution < -0.4 is 5.43 Å². The van der Waals surface area contributed by atoms with Crippen molar-refractivity contribution in [1.82, 2.24) is 0 Å². The van der Waals surface area contributed by atoms with E-state index < -0.39 is 5.97 Å². The minimum absolute atomic E-state index is 0.0885. The molecule has 0 bridgehead atoms. The summed E-state index contributed by atoms with van der Waals surface area (Å²) in [5, 5.41) is 0.441. The Morgan fingerprint density at radius 2 is 1.87 bits per heavy atom. The topological polar surface area (TPSA) is 56.5 Å². The van der Waals surface area contributed by atoms with Crippen LogP contribution in [0.4, 0.5) is 0 Å². The summed E-state index contributed by atoms with van der Waals surface area (Å²) in [6.45, 7) is 0.129. The highest BCUT2D eigenvalue weighted by molar-refractivity contribution is 7.98. The highest BCUT2D eigenvalue weighted by Crippen LogP contribution is 2.16. The lowest BCUT2D eigenvalue weighted by Crippen LogP contribution is -2.10. The van der Waals surface area contributed by atoms with E-state index in [1.165, 1.54) is 6.07 Å². The van der Waals surface area contributed by atoms with Gasteiger partial charge in [-0.1, -0.05) is 24.3 Å². The van der Waals surface area contributed by atoms with E-state index in [2.05, 4.69) is 0 Å². The number of fused-ring (bicyclic) bond motifs is 1. The van der Waals surface area contributed by atoms with Crippen LogP contribution in [0.2, 0.25) is 0 Å². The minimum Gasteiger partial charge on any atom is -0.455 e. The number of para-hydroxylation sites is 1. The Kier molecular flexibility index (Phi) is 4.48. The molecule has 0 saturated carbocycles. The number of esters is 1. The van der Waals surface area contributed by atoms with E-state index in [-0.39, 0.29) is 17.8 Å². The van der Waals surface area contributed by atoms with E-state index in [4.69, 9.17) is 9.15 Å². The van der Waals surface area contributed by atoms with Crippen LogP contribution in [0.15, 0.2) is 68.7 Å². The Labute approximate surface area is 137 Å². The third kappa shape index (κ3) is 3.46. The average molecular weight is 326 g/mol. The summed E-state index contributed by atoms with van der Waals surface area (Å²) < 4.78 is 10.7. The number of thioether (sulfide) groups is 1. The maximum Gasteiger partial charge on any atom is 0.374 e. The largest absolute Gasteiger partial charge is 0.455 e. The average Bonchev–Trinajstić information content (AvgIpc) is 2.60. The predicted octanol–water partition coefficient (Wildman–Crippen LogP) is 3.87. The second kappa shape index (κ2) is 6.71. The van der Waals surface area contributed by atoms with Gasteiger partial charge in [-0.3, -0.25) is 4.79 Å². The zero-order valence-corrected chi connectivity index (χ0v) is 13.3. The lowest BCUT2D eigenvalue weighted by atomic mass is 10.2. The summed E-state index contributed by atoms with van der Waals surface area (Å²) in [6.07, 6.45) is 2.00. The van der Waals surface area contributed by atoms with Gasteiger partial charge < -0.3 is 9.15 Å². The van der Waals surface area contributed by atoms with E-state index in [0.717, 1.165) is 10.5 Å². The molecule has 0 radical (unpaired) electrons. The van der Waals surface area contributed by atoms with Gasteiger partial charge in [0.1, 0.15) is 12.2 Å². The van der Waals surface area contributed by atoms with Crippen LogP contribution in [0.1, 0.15) is 16.1 Å². The molecule has 0 spiro atoms. The molecule has 0 aliphatic heterocycles. The van der Waals surface area contributed by atoms with E-state index >= 15 is 0 Å². The molecule has 0 N–H and O–H groups in total. The van der Waals surface area contributed by atoms with Crippen molar-refractivity contribution < 1.29 is 13.9 Å². The second-order valence-electron chi connectivity index (χ2n) is 4.90. The van der Waals surface area contributed by atoms with Gasteiger partial charge >= 0.3 is 5.97 Å². The highest BCUT2D eigenvalue weighted by Gasteiger charge is 2.13. The molecule has 3 rings (SSSR count). The third-order valence-corrected chi connectivity index (χ3v) is 4.11. The summed E-state index contributed by atoms with van der Waals surface area (Å²) in [6, 6.07) is 15.7. The van der Waals surface area contributed by atoms with E-state index in [1.54, 1.807) is 36.0 Å². The summed E-state index contributed by atoms with van der Waals surface area (Å²) in [5.74, 6) is -0.740. The lowest BCUT2D eigenvalue weighted by molar-refractivity contribution is 0.0436.